The van der Waals surface area contributed by atoms with Crippen molar-refractivity contribution in [3.63, 3.8) is 0 Å². The zero-order valence-corrected chi connectivity index (χ0v) is 15.1. The first-order valence-corrected chi connectivity index (χ1v) is 8.15. The highest BCUT2D eigenvalue weighted by Crippen LogP contribution is 2.35. The summed E-state index contributed by atoms with van der Waals surface area (Å²) in [4.78, 5) is 16.4. The van der Waals surface area contributed by atoms with Crippen LogP contribution in [0.4, 0.5) is 22.0 Å². The fourth-order valence-corrected chi connectivity index (χ4v) is 2.70. The number of ether oxygens (including phenoxy) is 1. The third kappa shape index (κ3) is 3.71. The van der Waals surface area contributed by atoms with E-state index >= 15 is 0 Å². The summed E-state index contributed by atoms with van der Waals surface area (Å²) in [6.45, 7) is 1.44. The lowest BCUT2D eigenvalue weighted by molar-refractivity contribution is -0.140. The van der Waals surface area contributed by atoms with Crippen LogP contribution in [0.5, 0.6) is 5.75 Å². The molecule has 5 nitrogen and oxygen atoms in total. The van der Waals surface area contributed by atoms with Crippen LogP contribution in [0.1, 0.15) is 18.3 Å². The Kier molecular flexibility index (Phi) is 4.68. The molecule has 0 N–H and O–H groups in total. The lowest BCUT2D eigenvalue weighted by atomic mass is 10.0. The van der Waals surface area contributed by atoms with E-state index in [0.29, 0.717) is 12.6 Å². The van der Waals surface area contributed by atoms with E-state index in [1.54, 1.807) is 6.92 Å². The number of imidazole rings is 1. The number of hydrogen-bond donors (Lipinski definition) is 0. The molecule has 0 aliphatic carbocycles. The summed E-state index contributed by atoms with van der Waals surface area (Å²) in [5.74, 6) is -3.15. The van der Waals surface area contributed by atoms with Gasteiger partial charge in [0.05, 0.1) is 5.56 Å². The highest BCUT2D eigenvalue weighted by molar-refractivity contribution is 5.67. The standard InChI is InChI=1S/C18H16F5N3O2/c1-10-8-26-15(27)13(14(18(21,22)23)24-16(26)25(10)3)11-4-6-12(7-5-11)28-9-17(2,19)20/h4-8H,9H2,1-3H3. The second-order valence-electron chi connectivity index (χ2n) is 6.52. The molecule has 2 heterocycles. The number of rotatable bonds is 4. The lowest BCUT2D eigenvalue weighted by Crippen LogP contribution is -2.24. The van der Waals surface area contributed by atoms with Crippen LogP contribution in [0.2, 0.25) is 0 Å². The SMILES string of the molecule is Cc1cn2c(=O)c(-c3ccc(OCC(C)(F)F)cc3)c(C(F)(F)F)nc2n1C. The molecule has 0 radical (unpaired) electrons. The minimum absolute atomic E-state index is 0.0449. The number of hydrogen-bond acceptors (Lipinski definition) is 3. The molecule has 0 saturated carbocycles. The maximum atomic E-state index is 13.6. The van der Waals surface area contributed by atoms with Gasteiger partial charge in [-0.3, -0.25) is 9.20 Å². The van der Waals surface area contributed by atoms with E-state index in [-0.39, 0.29) is 17.1 Å². The summed E-state index contributed by atoms with van der Waals surface area (Å²) in [5, 5.41) is 0. The summed E-state index contributed by atoms with van der Waals surface area (Å²) in [6, 6.07) is 4.87. The van der Waals surface area contributed by atoms with Gasteiger partial charge in [0.15, 0.2) is 12.3 Å². The second kappa shape index (κ2) is 6.61. The van der Waals surface area contributed by atoms with Gasteiger partial charge in [0, 0.05) is 25.9 Å². The molecule has 0 spiro atoms. The minimum atomic E-state index is -4.86. The Bertz CT molecular complexity index is 1080. The first kappa shape index (κ1) is 19.8. The van der Waals surface area contributed by atoms with Gasteiger partial charge in [0.1, 0.15) is 5.75 Å². The number of aryl methyl sites for hydroxylation is 2. The molecule has 0 atom stereocenters. The second-order valence-corrected chi connectivity index (χ2v) is 6.52. The molecule has 3 rings (SSSR count). The first-order chi connectivity index (χ1) is 12.9. The first-order valence-electron chi connectivity index (χ1n) is 8.15. The number of benzene rings is 1. The largest absolute Gasteiger partial charge is 0.487 e. The van der Waals surface area contributed by atoms with Crippen molar-refractivity contribution in [3.8, 4) is 16.9 Å². The fourth-order valence-electron chi connectivity index (χ4n) is 2.70. The van der Waals surface area contributed by atoms with Crippen LogP contribution in [-0.2, 0) is 13.2 Å². The molecule has 150 valence electrons. The van der Waals surface area contributed by atoms with Gasteiger partial charge in [-0.2, -0.15) is 13.2 Å². The van der Waals surface area contributed by atoms with E-state index < -0.39 is 35.5 Å². The van der Waals surface area contributed by atoms with Gasteiger partial charge in [0.2, 0.25) is 5.78 Å². The Morgan fingerprint density at radius 1 is 1.11 bits per heavy atom. The fraction of sp³-hybridized carbons (Fsp3) is 0.333. The third-order valence-corrected chi connectivity index (χ3v) is 4.15. The third-order valence-electron chi connectivity index (χ3n) is 4.15. The monoisotopic (exact) mass is 401 g/mol. The van der Waals surface area contributed by atoms with Gasteiger partial charge in [-0.1, -0.05) is 12.1 Å². The van der Waals surface area contributed by atoms with Gasteiger partial charge in [-0.25, -0.2) is 13.8 Å². The lowest BCUT2D eigenvalue weighted by Gasteiger charge is -2.14. The Balaban J connectivity index is 2.14. The van der Waals surface area contributed by atoms with Crippen LogP contribution >= 0.6 is 0 Å². The number of nitrogens with zero attached hydrogens (tertiary/aromatic N) is 3. The van der Waals surface area contributed by atoms with Gasteiger partial charge in [0.25, 0.3) is 11.5 Å². The summed E-state index contributed by atoms with van der Waals surface area (Å²) in [7, 11) is 1.51. The van der Waals surface area contributed by atoms with E-state index in [2.05, 4.69) is 4.98 Å². The molecular weight excluding hydrogens is 385 g/mol. The summed E-state index contributed by atoms with van der Waals surface area (Å²) in [5.41, 5.74) is -2.30. The molecule has 28 heavy (non-hydrogen) atoms. The predicted octanol–water partition coefficient (Wildman–Crippen LogP) is 4.06. The van der Waals surface area contributed by atoms with Gasteiger partial charge < -0.3 is 9.30 Å². The quantitative estimate of drug-likeness (QED) is 0.620. The zero-order valence-electron chi connectivity index (χ0n) is 15.1. The maximum Gasteiger partial charge on any atom is 0.434 e. The summed E-state index contributed by atoms with van der Waals surface area (Å²) < 4.78 is 73.8. The normalized spacial score (nSPS) is 12.6. The summed E-state index contributed by atoms with van der Waals surface area (Å²) >= 11 is 0. The van der Waals surface area contributed by atoms with Crippen LogP contribution in [-0.4, -0.2) is 26.5 Å². The van der Waals surface area contributed by atoms with Crippen LogP contribution in [0.3, 0.4) is 0 Å². The number of fused-ring (bicyclic) bond motifs is 1. The van der Waals surface area contributed by atoms with E-state index in [1.165, 1.54) is 42.1 Å². The van der Waals surface area contributed by atoms with E-state index in [0.717, 1.165) is 4.40 Å². The van der Waals surface area contributed by atoms with Crippen LogP contribution < -0.4 is 10.3 Å². The Morgan fingerprint density at radius 2 is 1.71 bits per heavy atom. The Labute approximate surface area is 156 Å². The van der Waals surface area contributed by atoms with Crippen LogP contribution in [0.15, 0.2) is 35.3 Å². The average Bonchev–Trinajstić information content (AvgIpc) is 2.88. The molecule has 10 heteroatoms. The van der Waals surface area contributed by atoms with Crippen molar-refractivity contribution in [2.24, 2.45) is 7.05 Å². The predicted molar refractivity (Wildman–Crippen MR) is 91.7 cm³/mol. The molecule has 0 bridgehead atoms. The molecule has 0 fully saturated rings. The highest BCUT2D eigenvalue weighted by atomic mass is 19.4. The molecule has 0 unspecified atom stereocenters. The molecule has 0 aliphatic heterocycles. The molecule has 0 aliphatic rings. The van der Waals surface area contributed by atoms with Crippen LogP contribution in [0, 0.1) is 6.92 Å². The van der Waals surface area contributed by atoms with Gasteiger partial charge in [-0.05, 0) is 24.6 Å². The van der Waals surface area contributed by atoms with Crippen molar-refractivity contribution in [1.82, 2.24) is 14.0 Å². The topological polar surface area (TPSA) is 48.5 Å². The van der Waals surface area contributed by atoms with E-state index in [1.807, 2.05) is 0 Å². The van der Waals surface area contributed by atoms with E-state index in [9.17, 15) is 26.7 Å². The number of halogens is 5. The number of aromatic nitrogens is 3. The highest BCUT2D eigenvalue weighted by Gasteiger charge is 2.38. The summed E-state index contributed by atoms with van der Waals surface area (Å²) in [6.07, 6.45) is -3.46. The van der Waals surface area contributed by atoms with Crippen molar-refractivity contribution in [2.75, 3.05) is 6.61 Å². The molecule has 0 saturated heterocycles. The van der Waals surface area contributed by atoms with E-state index in [4.69, 9.17) is 4.74 Å². The van der Waals surface area contributed by atoms with Crippen molar-refractivity contribution >= 4 is 5.78 Å². The van der Waals surface area contributed by atoms with Crippen molar-refractivity contribution in [3.05, 3.63) is 52.2 Å². The zero-order chi connectivity index (χ0) is 20.9. The molecule has 1 aromatic carbocycles. The smallest absolute Gasteiger partial charge is 0.434 e. The minimum Gasteiger partial charge on any atom is -0.487 e. The maximum absolute atomic E-state index is 13.6. The van der Waals surface area contributed by atoms with Gasteiger partial charge >= 0.3 is 6.18 Å². The van der Waals surface area contributed by atoms with Crippen molar-refractivity contribution in [2.45, 2.75) is 25.9 Å². The average molecular weight is 401 g/mol. The van der Waals surface area contributed by atoms with Crippen molar-refractivity contribution in [1.29, 1.82) is 0 Å². The van der Waals surface area contributed by atoms with Crippen molar-refractivity contribution < 1.29 is 26.7 Å². The molecule has 2 aromatic heterocycles. The van der Waals surface area contributed by atoms with Crippen LogP contribution in [0.25, 0.3) is 16.9 Å². The molecular formula is C18H16F5N3O2. The number of alkyl halides is 5. The Morgan fingerprint density at radius 3 is 2.25 bits per heavy atom. The molecule has 0 amide bonds. The molecule has 3 aromatic rings. The Hall–Kier alpha value is -2.91. The van der Waals surface area contributed by atoms with Gasteiger partial charge in [-0.15, -0.1) is 0 Å².